The third kappa shape index (κ3) is 6.35. The van der Waals surface area contributed by atoms with Crippen molar-refractivity contribution >= 4 is 31.0 Å². The maximum absolute atomic E-state index is 7.76. The molecule has 4 aromatic rings. The average Bonchev–Trinajstić information content (AvgIpc) is 2.98. The third-order valence-electron chi connectivity index (χ3n) is 7.70. The second-order valence-corrected chi connectivity index (χ2v) is 23.1. The van der Waals surface area contributed by atoms with Gasteiger partial charge in [-0.3, -0.25) is 0 Å². The van der Waals surface area contributed by atoms with Gasteiger partial charge in [0.25, 0.3) is 0 Å². The second-order valence-electron chi connectivity index (χ2n) is 10.6. The number of allylic oxidation sites excluding steroid dienone is 1. The third-order valence-corrected chi connectivity index (χ3v) is 22.4. The van der Waals surface area contributed by atoms with Gasteiger partial charge in [0.2, 0.25) is 7.83 Å². The fourth-order valence-corrected chi connectivity index (χ4v) is 19.5. The van der Waals surface area contributed by atoms with Gasteiger partial charge in [0.1, 0.15) is 7.59 Å². The summed E-state index contributed by atoms with van der Waals surface area (Å²) in [5.74, 6) is 0. The van der Waals surface area contributed by atoms with Gasteiger partial charge in [0.15, 0.2) is 0 Å². The smallest absolute Gasteiger partial charge is 0.246 e. The first-order valence-corrected chi connectivity index (χ1v) is 20.1. The van der Waals surface area contributed by atoms with Crippen LogP contribution in [-0.2, 0) is 4.43 Å². The molecular weight excluding hydrogens is 493 g/mol. The number of rotatable bonds is 13. The molecule has 0 aliphatic rings. The normalized spacial score (nSPS) is 13.0. The Labute approximate surface area is 232 Å². The van der Waals surface area contributed by atoms with Gasteiger partial charge in [-0.05, 0) is 28.8 Å². The molecule has 0 radical (unpaired) electrons. The first-order valence-electron chi connectivity index (χ1n) is 14.2. The molecule has 0 amide bonds. The van der Waals surface area contributed by atoms with Crippen molar-refractivity contribution in [2.24, 2.45) is 0 Å². The summed E-state index contributed by atoms with van der Waals surface area (Å²) in [7, 11) is -4.97. The maximum Gasteiger partial charge on any atom is 0.246 e. The van der Waals surface area contributed by atoms with Crippen LogP contribution in [0.25, 0.3) is 0 Å². The Hall–Kier alpha value is -2.99. The zero-order valence-electron chi connectivity index (χ0n) is 23.2. The monoisotopic (exact) mass is 534 g/mol. The topological polar surface area (TPSA) is 9.23 Å². The molecule has 0 aliphatic heterocycles. The van der Waals surface area contributed by atoms with E-state index in [0.29, 0.717) is 0 Å². The van der Waals surface area contributed by atoms with E-state index < -0.39 is 15.4 Å². The fourth-order valence-electron chi connectivity index (χ4n) is 5.54. The number of unbranched alkanes of at least 4 members (excludes halogenated alkanes) is 4. The first kappa shape index (κ1) is 28.0. The van der Waals surface area contributed by atoms with Gasteiger partial charge < -0.3 is 4.43 Å². The van der Waals surface area contributed by atoms with Crippen molar-refractivity contribution < 1.29 is 4.43 Å². The molecule has 0 bridgehead atoms. The summed E-state index contributed by atoms with van der Waals surface area (Å²) in [6.07, 6.45) is 10.8. The Morgan fingerprint density at radius 2 is 1.08 bits per heavy atom. The minimum atomic E-state index is -2.76. The molecule has 0 aromatic heterocycles. The zero-order chi connectivity index (χ0) is 26.7. The molecule has 0 unspecified atom stereocenters. The molecule has 4 aromatic carbocycles. The number of hydrogen-bond acceptors (Lipinski definition) is 1. The molecule has 3 heteroatoms. The lowest BCUT2D eigenvalue weighted by molar-refractivity contribution is 0.260. The van der Waals surface area contributed by atoms with Crippen LogP contribution in [-0.4, -0.2) is 15.4 Å². The molecule has 0 saturated heterocycles. The van der Waals surface area contributed by atoms with Crippen LogP contribution in [0.2, 0.25) is 13.1 Å². The summed E-state index contributed by atoms with van der Waals surface area (Å²) >= 11 is 0. The van der Waals surface area contributed by atoms with E-state index in [4.69, 9.17) is 4.43 Å². The minimum Gasteiger partial charge on any atom is -0.400 e. The molecule has 196 valence electrons. The van der Waals surface area contributed by atoms with Gasteiger partial charge in [-0.1, -0.05) is 178 Å². The van der Waals surface area contributed by atoms with Crippen LogP contribution in [0.3, 0.4) is 0 Å². The summed E-state index contributed by atoms with van der Waals surface area (Å²) in [6.45, 7) is 7.31. The summed E-state index contributed by atoms with van der Waals surface area (Å²) in [5, 5.41) is 4.14. The quantitative estimate of drug-likeness (QED) is 0.0969. The molecule has 38 heavy (non-hydrogen) atoms. The van der Waals surface area contributed by atoms with Crippen LogP contribution in [0.4, 0.5) is 0 Å². The van der Waals surface area contributed by atoms with E-state index in [9.17, 15) is 0 Å². The Kier molecular flexibility index (Phi) is 10.1. The molecular formula is C35H42OSi2. The highest BCUT2D eigenvalue weighted by molar-refractivity contribution is 7.52. The number of hydrogen-bond donors (Lipinski definition) is 0. The molecule has 1 atom stereocenters. The van der Waals surface area contributed by atoms with E-state index in [1.54, 1.807) is 0 Å². The van der Waals surface area contributed by atoms with E-state index in [-0.39, 0.29) is 6.10 Å². The van der Waals surface area contributed by atoms with Crippen molar-refractivity contribution in [3.63, 3.8) is 0 Å². The van der Waals surface area contributed by atoms with E-state index >= 15 is 0 Å². The average molecular weight is 535 g/mol. The van der Waals surface area contributed by atoms with Gasteiger partial charge in [-0.2, -0.15) is 0 Å². The summed E-state index contributed by atoms with van der Waals surface area (Å²) in [6, 6.07) is 44.2. The lowest BCUT2D eigenvalue weighted by Crippen LogP contribution is -2.80. The Morgan fingerprint density at radius 1 is 0.605 bits per heavy atom. The minimum absolute atomic E-state index is 0.107. The molecule has 0 aliphatic carbocycles. The van der Waals surface area contributed by atoms with Crippen molar-refractivity contribution in [2.75, 3.05) is 0 Å². The van der Waals surface area contributed by atoms with Gasteiger partial charge in [-0.25, -0.2) is 0 Å². The van der Waals surface area contributed by atoms with Crippen LogP contribution in [0.1, 0.15) is 50.7 Å². The summed E-state index contributed by atoms with van der Waals surface area (Å²) in [4.78, 5) is 0. The van der Waals surface area contributed by atoms with Crippen molar-refractivity contribution in [3.8, 4) is 0 Å². The van der Waals surface area contributed by atoms with Crippen molar-refractivity contribution in [3.05, 3.63) is 139 Å². The highest BCUT2D eigenvalue weighted by Crippen LogP contribution is 2.30. The molecule has 0 N–H and O–H groups in total. The SMILES string of the molecule is CCCCCC/C=C/[C@H](O[Si](c1ccccc1)(c1ccccc1)[Si](C)(C)c1ccccc1)c1ccccc1. The lowest BCUT2D eigenvalue weighted by atomic mass is 10.1. The first-order chi connectivity index (χ1) is 18.6. The molecule has 4 rings (SSSR count). The predicted molar refractivity (Wildman–Crippen MR) is 170 cm³/mol. The van der Waals surface area contributed by atoms with Crippen LogP contribution in [0.5, 0.6) is 0 Å². The van der Waals surface area contributed by atoms with Crippen LogP contribution < -0.4 is 15.6 Å². The lowest BCUT2D eigenvalue weighted by Gasteiger charge is -2.46. The van der Waals surface area contributed by atoms with Crippen molar-refractivity contribution in [1.29, 1.82) is 0 Å². The van der Waals surface area contributed by atoms with E-state index in [1.165, 1.54) is 46.8 Å². The highest BCUT2D eigenvalue weighted by atomic mass is 29.3. The standard InChI is InChI=1S/C35H42OSi2/c1-4-5-6-7-8-21-30-35(31-22-13-9-14-23-31)36-38(33-26-17-11-18-27-33,34-28-19-12-20-29-34)37(2,3)32-24-15-10-16-25-32/h9-30,35H,4-8H2,1-3H3/b30-21+/t35-/m0/s1. The zero-order valence-corrected chi connectivity index (χ0v) is 25.2. The Balaban J connectivity index is 1.88. The van der Waals surface area contributed by atoms with Crippen LogP contribution >= 0.6 is 0 Å². The molecule has 0 fully saturated rings. The largest absolute Gasteiger partial charge is 0.400 e. The van der Waals surface area contributed by atoms with E-state index in [2.05, 4.69) is 153 Å². The molecule has 0 heterocycles. The van der Waals surface area contributed by atoms with Gasteiger partial charge >= 0.3 is 0 Å². The second kappa shape index (κ2) is 13.7. The van der Waals surface area contributed by atoms with E-state index in [0.717, 1.165) is 6.42 Å². The highest BCUT2D eigenvalue weighted by Gasteiger charge is 2.56. The fraction of sp³-hybridized carbons (Fsp3) is 0.257. The molecule has 0 spiro atoms. The van der Waals surface area contributed by atoms with Crippen LogP contribution in [0, 0.1) is 0 Å². The van der Waals surface area contributed by atoms with Crippen molar-refractivity contribution in [1.82, 2.24) is 0 Å². The summed E-state index contributed by atoms with van der Waals surface area (Å²) in [5.41, 5.74) is 1.22. The van der Waals surface area contributed by atoms with E-state index in [1.807, 2.05) is 0 Å². The van der Waals surface area contributed by atoms with Crippen molar-refractivity contribution in [2.45, 2.75) is 58.2 Å². The Bertz CT molecular complexity index is 1200. The predicted octanol–water partition coefficient (Wildman–Crippen LogP) is 7.72. The summed E-state index contributed by atoms with van der Waals surface area (Å²) < 4.78 is 7.76. The molecule has 1 nitrogen and oxygen atoms in total. The van der Waals surface area contributed by atoms with Crippen LogP contribution in [0.15, 0.2) is 133 Å². The molecule has 0 saturated carbocycles. The van der Waals surface area contributed by atoms with Gasteiger partial charge in [0.05, 0.1) is 6.10 Å². The van der Waals surface area contributed by atoms with Gasteiger partial charge in [0, 0.05) is 0 Å². The van der Waals surface area contributed by atoms with Gasteiger partial charge in [-0.15, -0.1) is 0 Å². The Morgan fingerprint density at radius 3 is 1.58 bits per heavy atom. The number of benzene rings is 4. The maximum atomic E-state index is 7.76.